The van der Waals surface area contributed by atoms with E-state index in [4.69, 9.17) is 0 Å². The highest BCUT2D eigenvalue weighted by molar-refractivity contribution is 6.00. The monoisotopic (exact) mass is 477 g/mol. The fraction of sp³-hybridized carbons (Fsp3) is 0.290. The molecule has 2 aliphatic rings. The number of amides is 2. The molecule has 2 fully saturated rings. The van der Waals surface area contributed by atoms with Crippen LogP contribution in [0.25, 0.3) is 10.9 Å². The molecule has 0 radical (unpaired) electrons. The lowest BCUT2D eigenvalue weighted by molar-refractivity contribution is -0.139. The highest BCUT2D eigenvalue weighted by Crippen LogP contribution is 2.41. The van der Waals surface area contributed by atoms with E-state index in [0.29, 0.717) is 31.1 Å². The molecule has 3 aromatic carbocycles. The maximum Gasteiger partial charge on any atom is 0.270 e. The first kappa shape index (κ1) is 22.6. The van der Waals surface area contributed by atoms with Crippen LogP contribution in [-0.2, 0) is 17.8 Å². The number of aryl methyl sites for hydroxylation is 1. The lowest BCUT2D eigenvalue weighted by Gasteiger charge is -2.41. The van der Waals surface area contributed by atoms with Gasteiger partial charge in [-0.05, 0) is 67.0 Å². The van der Waals surface area contributed by atoms with Gasteiger partial charge in [-0.15, -0.1) is 0 Å². The molecule has 182 valence electrons. The van der Waals surface area contributed by atoms with E-state index in [9.17, 15) is 9.59 Å². The first-order valence-electron chi connectivity index (χ1n) is 12.8. The number of nitrogens with one attached hydrogen (secondary N) is 1. The molecule has 1 N–H and O–H groups in total. The molecule has 2 amide bonds. The number of aromatic amines is 1. The summed E-state index contributed by atoms with van der Waals surface area (Å²) in [6, 6.07) is 26.8. The summed E-state index contributed by atoms with van der Waals surface area (Å²) >= 11 is 0. The minimum atomic E-state index is -0.110. The van der Waals surface area contributed by atoms with Gasteiger partial charge in [0.2, 0.25) is 5.91 Å². The van der Waals surface area contributed by atoms with Crippen molar-refractivity contribution in [1.82, 2.24) is 14.8 Å². The van der Waals surface area contributed by atoms with E-state index < -0.39 is 0 Å². The fourth-order valence-electron chi connectivity index (χ4n) is 5.42. The Morgan fingerprint density at radius 3 is 2.53 bits per heavy atom. The van der Waals surface area contributed by atoms with E-state index in [0.717, 1.165) is 22.0 Å². The molecule has 1 aliphatic carbocycles. The number of hydrogen-bond donors (Lipinski definition) is 1. The third kappa shape index (κ3) is 4.66. The van der Waals surface area contributed by atoms with Crippen molar-refractivity contribution in [3.05, 3.63) is 107 Å². The Balaban J connectivity index is 1.26. The van der Waals surface area contributed by atoms with Crippen molar-refractivity contribution in [2.24, 2.45) is 0 Å². The van der Waals surface area contributed by atoms with Crippen LogP contribution in [0.2, 0.25) is 0 Å². The Morgan fingerprint density at radius 1 is 0.944 bits per heavy atom. The smallest absolute Gasteiger partial charge is 0.270 e. The van der Waals surface area contributed by atoms with Gasteiger partial charge in [0.1, 0.15) is 12.2 Å². The van der Waals surface area contributed by atoms with Crippen LogP contribution in [0.4, 0.5) is 0 Å². The zero-order valence-corrected chi connectivity index (χ0v) is 20.6. The van der Waals surface area contributed by atoms with Crippen molar-refractivity contribution in [2.45, 2.75) is 44.7 Å². The second-order valence-electron chi connectivity index (χ2n) is 10.3. The summed E-state index contributed by atoms with van der Waals surface area (Å²) in [4.78, 5) is 34.0. The number of nitrogens with zero attached hydrogens (tertiary/aromatic N) is 2. The zero-order chi connectivity index (χ0) is 24.6. The third-order valence-electron chi connectivity index (χ3n) is 7.48. The van der Waals surface area contributed by atoms with Gasteiger partial charge >= 0.3 is 0 Å². The summed E-state index contributed by atoms with van der Waals surface area (Å²) in [5.74, 6) is 0.547. The Hall–Kier alpha value is -3.86. The Morgan fingerprint density at radius 2 is 1.75 bits per heavy atom. The summed E-state index contributed by atoms with van der Waals surface area (Å²) in [5.41, 5.74) is 6.32. The van der Waals surface area contributed by atoms with Gasteiger partial charge in [-0.25, -0.2) is 0 Å². The fourth-order valence-corrected chi connectivity index (χ4v) is 5.42. The second kappa shape index (κ2) is 9.30. The maximum atomic E-state index is 13.6. The molecule has 1 saturated carbocycles. The molecule has 6 rings (SSSR count). The molecule has 0 spiro atoms. The number of piperazine rings is 1. The predicted octanol–water partition coefficient (Wildman–Crippen LogP) is 5.45. The molecule has 2 heterocycles. The number of aromatic nitrogens is 1. The number of carbonyl (C=O) groups excluding carboxylic acids is 2. The largest absolute Gasteiger partial charge is 0.351 e. The highest BCUT2D eigenvalue weighted by Gasteiger charge is 2.35. The molecule has 5 nitrogen and oxygen atoms in total. The Bertz CT molecular complexity index is 1420. The molecule has 5 heteroatoms. The van der Waals surface area contributed by atoms with Crippen LogP contribution >= 0.6 is 0 Å². The van der Waals surface area contributed by atoms with E-state index in [1.807, 2.05) is 35.2 Å². The van der Waals surface area contributed by atoms with Gasteiger partial charge in [-0.1, -0.05) is 66.2 Å². The normalized spacial score (nSPS) is 18.1. The minimum absolute atomic E-state index is 0.0100. The van der Waals surface area contributed by atoms with Crippen molar-refractivity contribution in [2.75, 3.05) is 13.1 Å². The molecular formula is C31H31N3O2. The molecule has 36 heavy (non-hydrogen) atoms. The summed E-state index contributed by atoms with van der Waals surface area (Å²) in [7, 11) is 0. The number of H-pyrrole nitrogens is 1. The van der Waals surface area contributed by atoms with Crippen LogP contribution in [0.3, 0.4) is 0 Å². The minimum Gasteiger partial charge on any atom is -0.351 e. The highest BCUT2D eigenvalue weighted by atomic mass is 16.2. The van der Waals surface area contributed by atoms with Gasteiger partial charge in [-0.3, -0.25) is 9.59 Å². The first-order chi connectivity index (χ1) is 17.5. The van der Waals surface area contributed by atoms with Crippen LogP contribution in [0.1, 0.15) is 51.5 Å². The van der Waals surface area contributed by atoms with Crippen LogP contribution in [-0.4, -0.2) is 45.7 Å². The van der Waals surface area contributed by atoms with Crippen LogP contribution < -0.4 is 0 Å². The topological polar surface area (TPSA) is 56.4 Å². The van der Waals surface area contributed by atoms with Crippen molar-refractivity contribution in [3.63, 3.8) is 0 Å². The Kier molecular flexibility index (Phi) is 5.84. The van der Waals surface area contributed by atoms with Crippen LogP contribution in [0, 0.1) is 6.92 Å². The number of hydrogen-bond acceptors (Lipinski definition) is 2. The van der Waals surface area contributed by atoms with Gasteiger partial charge in [-0.2, -0.15) is 0 Å². The van der Waals surface area contributed by atoms with E-state index in [-0.39, 0.29) is 24.4 Å². The SMILES string of the molecule is Cc1cccc(CN2C(=O)CN(C(=O)c3cc4cc(C5CC5)ccc4[nH]3)C[C@@H]2Cc2ccccc2)c1. The molecule has 4 aromatic rings. The summed E-state index contributed by atoms with van der Waals surface area (Å²) in [6.07, 6.45) is 3.21. The number of benzene rings is 3. The lowest BCUT2D eigenvalue weighted by atomic mass is 10.00. The number of carbonyl (C=O) groups is 2. The van der Waals surface area contributed by atoms with E-state index >= 15 is 0 Å². The van der Waals surface area contributed by atoms with E-state index in [2.05, 4.69) is 60.4 Å². The van der Waals surface area contributed by atoms with Crippen molar-refractivity contribution in [1.29, 1.82) is 0 Å². The average Bonchev–Trinajstić information content (AvgIpc) is 3.64. The third-order valence-corrected chi connectivity index (χ3v) is 7.48. The number of fused-ring (bicyclic) bond motifs is 1. The van der Waals surface area contributed by atoms with Gasteiger partial charge in [0, 0.05) is 24.0 Å². The van der Waals surface area contributed by atoms with E-state index in [1.54, 1.807) is 4.90 Å². The predicted molar refractivity (Wildman–Crippen MR) is 142 cm³/mol. The van der Waals surface area contributed by atoms with Crippen molar-refractivity contribution in [3.8, 4) is 0 Å². The zero-order valence-electron chi connectivity index (χ0n) is 20.6. The van der Waals surface area contributed by atoms with Crippen LogP contribution in [0.15, 0.2) is 78.9 Å². The molecular weight excluding hydrogens is 446 g/mol. The summed E-state index contributed by atoms with van der Waals surface area (Å²) in [5, 5.41) is 1.06. The molecule has 1 aromatic heterocycles. The Labute approximate surface area is 211 Å². The van der Waals surface area contributed by atoms with E-state index in [1.165, 1.54) is 24.0 Å². The summed E-state index contributed by atoms with van der Waals surface area (Å²) < 4.78 is 0. The lowest BCUT2D eigenvalue weighted by Crippen LogP contribution is -2.58. The van der Waals surface area contributed by atoms with Gasteiger partial charge in [0.15, 0.2) is 0 Å². The molecule has 1 aliphatic heterocycles. The molecule has 1 atom stereocenters. The molecule has 0 unspecified atom stereocenters. The standard InChI is InChI=1S/C31H31N3O2/c1-21-6-5-9-23(14-21)18-34-27(15-22-7-3-2-4-8-22)19-33(20-30(34)35)31(36)29-17-26-16-25(24-10-11-24)12-13-28(26)32-29/h2-9,12-14,16-17,24,27,32H,10-11,15,18-20H2,1H3/t27-/m0/s1. The van der Waals surface area contributed by atoms with Crippen molar-refractivity contribution >= 4 is 22.7 Å². The quantitative estimate of drug-likeness (QED) is 0.402. The van der Waals surface area contributed by atoms with Gasteiger partial charge < -0.3 is 14.8 Å². The maximum absolute atomic E-state index is 13.6. The molecule has 1 saturated heterocycles. The van der Waals surface area contributed by atoms with Gasteiger partial charge in [0.25, 0.3) is 5.91 Å². The molecule has 0 bridgehead atoms. The average molecular weight is 478 g/mol. The van der Waals surface area contributed by atoms with Crippen molar-refractivity contribution < 1.29 is 9.59 Å². The second-order valence-corrected chi connectivity index (χ2v) is 10.3. The number of rotatable bonds is 6. The van der Waals surface area contributed by atoms with Crippen LogP contribution in [0.5, 0.6) is 0 Å². The first-order valence-corrected chi connectivity index (χ1v) is 12.8. The summed E-state index contributed by atoms with van der Waals surface area (Å²) in [6.45, 7) is 3.22. The van der Waals surface area contributed by atoms with Gasteiger partial charge in [0.05, 0.1) is 6.04 Å².